The van der Waals surface area contributed by atoms with Crippen LogP contribution in [-0.4, -0.2) is 89.4 Å². The molecule has 0 amide bonds. The highest BCUT2D eigenvalue weighted by atomic mass is 16.6. The van der Waals surface area contributed by atoms with E-state index in [1.807, 2.05) is 19.1 Å². The second-order valence-corrected chi connectivity index (χ2v) is 12.6. The van der Waals surface area contributed by atoms with Crippen LogP contribution >= 0.6 is 0 Å². The van der Waals surface area contributed by atoms with Gasteiger partial charge in [0.25, 0.3) is 0 Å². The molecule has 240 valence electrons. The van der Waals surface area contributed by atoms with Gasteiger partial charge < -0.3 is 38.9 Å². The molecule has 12 nitrogen and oxygen atoms in total. The Hall–Kier alpha value is -3.48. The molecule has 2 saturated carbocycles. The molecule has 4 aliphatic rings. The lowest BCUT2D eigenvalue weighted by Crippen LogP contribution is -2.65. The Kier molecular flexibility index (Phi) is 8.80. The summed E-state index contributed by atoms with van der Waals surface area (Å²) in [6.45, 7) is 6.91. The highest BCUT2D eigenvalue weighted by Crippen LogP contribution is 2.66. The van der Waals surface area contributed by atoms with Crippen molar-refractivity contribution >= 4 is 23.9 Å². The van der Waals surface area contributed by atoms with Gasteiger partial charge in [-0.05, 0) is 49.8 Å². The van der Waals surface area contributed by atoms with Crippen molar-refractivity contribution in [3.8, 4) is 0 Å². The zero-order chi connectivity index (χ0) is 32.1. The molecule has 0 aromatic carbocycles. The van der Waals surface area contributed by atoms with Crippen molar-refractivity contribution in [2.45, 2.75) is 70.2 Å². The van der Waals surface area contributed by atoms with E-state index in [1.165, 1.54) is 14.0 Å². The van der Waals surface area contributed by atoms with Gasteiger partial charge in [0.1, 0.15) is 24.0 Å². The maximum absolute atomic E-state index is 13.3. The van der Waals surface area contributed by atoms with Gasteiger partial charge in [0.05, 0.1) is 18.8 Å². The molecule has 2 heterocycles. The Bertz CT molecular complexity index is 1340. The van der Waals surface area contributed by atoms with E-state index in [0.29, 0.717) is 11.3 Å². The van der Waals surface area contributed by atoms with Crippen molar-refractivity contribution in [2.75, 3.05) is 14.2 Å². The number of hydrogen-bond acceptors (Lipinski definition) is 11. The number of esters is 4. The van der Waals surface area contributed by atoms with Gasteiger partial charge in [-0.3, -0.25) is 0 Å². The van der Waals surface area contributed by atoms with E-state index in [1.54, 1.807) is 38.3 Å². The predicted molar refractivity (Wildman–Crippen MR) is 152 cm³/mol. The number of aromatic amines is 1. The third-order valence-corrected chi connectivity index (χ3v) is 10.3. The minimum atomic E-state index is -1.49. The van der Waals surface area contributed by atoms with Gasteiger partial charge in [0.15, 0.2) is 6.10 Å². The fourth-order valence-corrected chi connectivity index (χ4v) is 8.11. The minimum absolute atomic E-state index is 0.0858. The molecule has 1 aromatic rings. The van der Waals surface area contributed by atoms with Gasteiger partial charge in [-0.15, -0.1) is 0 Å². The Morgan fingerprint density at radius 1 is 1.14 bits per heavy atom. The van der Waals surface area contributed by atoms with Crippen molar-refractivity contribution in [1.82, 2.24) is 4.98 Å². The van der Waals surface area contributed by atoms with E-state index < -0.39 is 77.8 Å². The molecule has 13 atom stereocenters. The van der Waals surface area contributed by atoms with Crippen LogP contribution in [0, 0.1) is 41.4 Å². The topological polar surface area (TPSA) is 171 Å². The van der Waals surface area contributed by atoms with Crippen LogP contribution in [0.5, 0.6) is 0 Å². The van der Waals surface area contributed by atoms with Crippen LogP contribution in [0.2, 0.25) is 0 Å². The largest absolute Gasteiger partial charge is 0.461 e. The fraction of sp³-hybridized carbons (Fsp3) is 0.625. The smallest absolute Gasteiger partial charge is 0.417 e. The van der Waals surface area contributed by atoms with E-state index in [2.05, 4.69) is 9.72 Å². The lowest BCUT2D eigenvalue weighted by Gasteiger charge is -2.61. The molecule has 0 spiro atoms. The number of nitrogens with one attached hydrogen (secondary N) is 1. The van der Waals surface area contributed by atoms with E-state index in [9.17, 15) is 29.4 Å². The molecule has 1 aliphatic heterocycles. The zero-order valence-electron chi connectivity index (χ0n) is 25.7. The number of aromatic nitrogens is 1. The van der Waals surface area contributed by atoms with Gasteiger partial charge in [-0.25, -0.2) is 19.2 Å². The first-order chi connectivity index (χ1) is 20.8. The number of methoxy groups -OCH3 is 2. The monoisotopic (exact) mass is 615 g/mol. The average Bonchev–Trinajstić information content (AvgIpc) is 3.59. The molecule has 3 aliphatic carbocycles. The third-order valence-electron chi connectivity index (χ3n) is 10.3. The maximum atomic E-state index is 13.3. The van der Waals surface area contributed by atoms with Crippen LogP contribution in [0.1, 0.15) is 44.6 Å². The van der Waals surface area contributed by atoms with E-state index in [-0.39, 0.29) is 30.1 Å². The van der Waals surface area contributed by atoms with Gasteiger partial charge in [-0.1, -0.05) is 32.1 Å². The number of H-pyrrole nitrogens is 1. The van der Waals surface area contributed by atoms with Crippen molar-refractivity contribution in [1.29, 1.82) is 0 Å². The molecule has 0 saturated heterocycles. The van der Waals surface area contributed by atoms with Crippen LogP contribution < -0.4 is 0 Å². The summed E-state index contributed by atoms with van der Waals surface area (Å²) in [5, 5.41) is 24.2. The Balaban J connectivity index is 1.48. The molecular formula is C32H41NO11. The first kappa shape index (κ1) is 31.9. The van der Waals surface area contributed by atoms with Crippen LogP contribution in [0.3, 0.4) is 0 Å². The molecule has 3 N–H and O–H groups in total. The number of ether oxygens (including phenoxy) is 5. The van der Waals surface area contributed by atoms with E-state index >= 15 is 0 Å². The van der Waals surface area contributed by atoms with Crippen molar-refractivity contribution in [3.63, 3.8) is 0 Å². The summed E-state index contributed by atoms with van der Waals surface area (Å²) < 4.78 is 27.0. The molecule has 2 fully saturated rings. The van der Waals surface area contributed by atoms with Crippen LogP contribution in [-0.2, 0) is 38.1 Å². The zero-order valence-corrected chi connectivity index (χ0v) is 25.7. The SMILES string of the molecule is COC(=O)C(=O)O[C@H](C)[C@H]1OC(=O)[C@@H](OC)C[C@H]2C=CC3C(C4[C@H]3[C@H](OC(=O)c3ccc[nH]3)[C@H](C)[C@H]4O)[C@]2(O)/C(C)=C/[C@H]1C. The summed E-state index contributed by atoms with van der Waals surface area (Å²) in [7, 11) is 2.43. The summed E-state index contributed by atoms with van der Waals surface area (Å²) >= 11 is 0. The van der Waals surface area contributed by atoms with Gasteiger partial charge >= 0.3 is 23.9 Å². The number of aliphatic hydroxyl groups excluding tert-OH is 1. The van der Waals surface area contributed by atoms with Crippen molar-refractivity contribution in [3.05, 3.63) is 47.8 Å². The Labute approximate surface area is 255 Å². The second-order valence-electron chi connectivity index (χ2n) is 12.6. The quantitative estimate of drug-likeness (QED) is 0.191. The molecule has 0 bridgehead atoms. The molecule has 1 aromatic heterocycles. The van der Waals surface area contributed by atoms with E-state index in [0.717, 1.165) is 7.11 Å². The lowest BCUT2D eigenvalue weighted by molar-refractivity contribution is -0.190. The number of allylic oxidation sites excluding steroid dienone is 1. The summed E-state index contributed by atoms with van der Waals surface area (Å²) in [5.74, 6) is -6.32. The molecule has 12 heteroatoms. The van der Waals surface area contributed by atoms with Crippen LogP contribution in [0.25, 0.3) is 0 Å². The van der Waals surface area contributed by atoms with Crippen LogP contribution in [0.15, 0.2) is 42.1 Å². The minimum Gasteiger partial charge on any atom is -0.461 e. The molecule has 0 radical (unpaired) electrons. The summed E-state index contributed by atoms with van der Waals surface area (Å²) in [6.07, 6.45) is 2.89. The number of carbonyl (C=O) groups is 4. The molecular weight excluding hydrogens is 574 g/mol. The molecule has 44 heavy (non-hydrogen) atoms. The molecule has 3 unspecified atom stereocenters. The second kappa shape index (κ2) is 12.1. The van der Waals surface area contributed by atoms with E-state index in [4.69, 9.17) is 18.9 Å². The van der Waals surface area contributed by atoms with Gasteiger partial charge in [-0.2, -0.15) is 0 Å². The Morgan fingerprint density at radius 3 is 2.50 bits per heavy atom. The van der Waals surface area contributed by atoms with Gasteiger partial charge in [0.2, 0.25) is 0 Å². The first-order valence-corrected chi connectivity index (χ1v) is 15.0. The van der Waals surface area contributed by atoms with Gasteiger partial charge in [0, 0.05) is 42.9 Å². The highest BCUT2D eigenvalue weighted by Gasteiger charge is 2.71. The summed E-state index contributed by atoms with van der Waals surface area (Å²) in [5.41, 5.74) is -0.565. The standard InChI is InChI=1S/C32H41NO11/c1-14-12-15(2)32(39)18(13-21(40-5)29(36)43-26(14)17(4)42-31(38)30(37)41-6)9-10-19-22-23(24(19)32)25(34)16(3)27(22)44-28(35)20-8-7-11-33-20/h7-12,14,16-19,21-27,33-34,39H,13H2,1-6H3/b15-12+/t14-,16-,17-,18-,19?,21+,22+,23?,24?,25-,26+,27-,32+/m1/s1. The van der Waals surface area contributed by atoms with Crippen LogP contribution in [0.4, 0.5) is 0 Å². The lowest BCUT2D eigenvalue weighted by atomic mass is 9.46. The first-order valence-electron chi connectivity index (χ1n) is 15.0. The summed E-state index contributed by atoms with van der Waals surface area (Å²) in [6, 6.07) is 3.34. The third kappa shape index (κ3) is 5.16. The number of hydrogen-bond donors (Lipinski definition) is 3. The average molecular weight is 616 g/mol. The number of cyclic esters (lactones) is 1. The normalized spacial score (nSPS) is 41.3. The number of carbonyl (C=O) groups excluding carboxylic acids is 4. The fourth-order valence-electron chi connectivity index (χ4n) is 8.11. The maximum Gasteiger partial charge on any atom is 0.417 e. The number of aliphatic hydroxyl groups is 2. The number of fused-ring (bicyclic) bond motifs is 6. The molecule has 5 rings (SSSR count). The van der Waals surface area contributed by atoms with Crippen molar-refractivity contribution in [2.24, 2.45) is 41.4 Å². The highest BCUT2D eigenvalue weighted by molar-refractivity contribution is 6.29. The number of rotatable bonds is 5. The Morgan fingerprint density at radius 2 is 1.86 bits per heavy atom. The van der Waals surface area contributed by atoms with Crippen molar-refractivity contribution < 1.29 is 53.1 Å². The predicted octanol–water partition coefficient (Wildman–Crippen LogP) is 1.96. The summed E-state index contributed by atoms with van der Waals surface area (Å²) in [4.78, 5) is 52.9.